The van der Waals surface area contributed by atoms with Gasteiger partial charge in [0.05, 0.1) is 6.04 Å². The molecule has 1 saturated heterocycles. The third-order valence-electron chi connectivity index (χ3n) is 4.61. The number of carbonyl (C=O) groups excluding carboxylic acids is 3. The summed E-state index contributed by atoms with van der Waals surface area (Å²) < 4.78 is 0. The van der Waals surface area contributed by atoms with E-state index in [2.05, 4.69) is 0 Å². The molecule has 1 fully saturated rings. The van der Waals surface area contributed by atoms with Crippen LogP contribution in [0.4, 0.5) is 0 Å². The van der Waals surface area contributed by atoms with Gasteiger partial charge < -0.3 is 4.90 Å². The molecule has 26 heavy (non-hydrogen) atoms. The molecule has 2 unspecified atom stereocenters. The van der Waals surface area contributed by atoms with Crippen LogP contribution in [0.5, 0.6) is 0 Å². The topological polar surface area (TPSA) is 54.5 Å². The van der Waals surface area contributed by atoms with E-state index in [0.717, 1.165) is 11.1 Å². The molecule has 4 nitrogen and oxygen atoms in total. The van der Waals surface area contributed by atoms with Crippen molar-refractivity contribution in [1.82, 2.24) is 4.90 Å². The predicted octanol–water partition coefficient (Wildman–Crippen LogP) is 3.89. The molecule has 1 aliphatic rings. The SMILES string of the molecule is CC(=O)C1C(=O)C(=O)N(CCc2ccc(Cl)cc2)C1c1ccc(Cl)cc1. The second-order valence-electron chi connectivity index (χ2n) is 6.32. The van der Waals surface area contributed by atoms with Gasteiger partial charge in [-0.2, -0.15) is 0 Å². The number of rotatable bonds is 5. The summed E-state index contributed by atoms with van der Waals surface area (Å²) in [5.41, 5.74) is 1.72. The first-order valence-electron chi connectivity index (χ1n) is 8.23. The maximum atomic E-state index is 12.5. The van der Waals surface area contributed by atoms with Crippen LogP contribution in [0.2, 0.25) is 10.0 Å². The van der Waals surface area contributed by atoms with Crippen LogP contribution in [0.1, 0.15) is 24.1 Å². The summed E-state index contributed by atoms with van der Waals surface area (Å²) in [5, 5.41) is 1.19. The zero-order chi connectivity index (χ0) is 18.8. The first-order valence-corrected chi connectivity index (χ1v) is 8.99. The van der Waals surface area contributed by atoms with Gasteiger partial charge in [-0.15, -0.1) is 0 Å². The molecule has 2 aromatic rings. The molecule has 0 N–H and O–H groups in total. The zero-order valence-corrected chi connectivity index (χ0v) is 15.6. The van der Waals surface area contributed by atoms with Crippen LogP contribution in [0.25, 0.3) is 0 Å². The Kier molecular flexibility index (Phi) is 5.44. The Hall–Kier alpha value is -2.17. The second-order valence-corrected chi connectivity index (χ2v) is 7.20. The van der Waals surface area contributed by atoms with Crippen LogP contribution >= 0.6 is 23.2 Å². The van der Waals surface area contributed by atoms with Crippen LogP contribution in [0, 0.1) is 5.92 Å². The number of likely N-dealkylation sites (tertiary alicyclic amines) is 1. The Morgan fingerprint density at radius 1 is 0.962 bits per heavy atom. The van der Waals surface area contributed by atoms with Gasteiger partial charge in [-0.25, -0.2) is 0 Å². The third-order valence-corrected chi connectivity index (χ3v) is 5.11. The standard InChI is InChI=1S/C20H17Cl2NO3/c1-12(24)17-18(14-4-8-16(22)9-5-14)23(20(26)19(17)25)11-10-13-2-6-15(21)7-3-13/h2-9,17-18H,10-11H2,1H3. The van der Waals surface area contributed by atoms with E-state index in [1.807, 2.05) is 12.1 Å². The van der Waals surface area contributed by atoms with Crippen molar-refractivity contribution >= 4 is 40.7 Å². The van der Waals surface area contributed by atoms with Crippen molar-refractivity contribution in [1.29, 1.82) is 0 Å². The summed E-state index contributed by atoms with van der Waals surface area (Å²) in [4.78, 5) is 38.5. The van der Waals surface area contributed by atoms with Gasteiger partial charge in [0.1, 0.15) is 11.7 Å². The Morgan fingerprint density at radius 2 is 1.50 bits per heavy atom. The van der Waals surface area contributed by atoms with Crippen LogP contribution in [0.3, 0.4) is 0 Å². The fraction of sp³-hybridized carbons (Fsp3) is 0.250. The quantitative estimate of drug-likeness (QED) is 0.575. The van der Waals surface area contributed by atoms with E-state index in [-0.39, 0.29) is 5.78 Å². The predicted molar refractivity (Wildman–Crippen MR) is 100 cm³/mol. The largest absolute Gasteiger partial charge is 0.328 e. The average molecular weight is 390 g/mol. The highest BCUT2D eigenvalue weighted by Crippen LogP contribution is 2.37. The van der Waals surface area contributed by atoms with E-state index in [4.69, 9.17) is 23.2 Å². The normalized spacial score (nSPS) is 19.9. The molecule has 2 aromatic carbocycles. The Balaban J connectivity index is 1.90. The molecule has 0 spiro atoms. The molecule has 0 aromatic heterocycles. The van der Waals surface area contributed by atoms with Crippen molar-refractivity contribution in [2.45, 2.75) is 19.4 Å². The minimum Gasteiger partial charge on any atom is -0.328 e. The summed E-state index contributed by atoms with van der Waals surface area (Å²) in [6.07, 6.45) is 0.560. The van der Waals surface area contributed by atoms with E-state index in [0.29, 0.717) is 23.0 Å². The summed E-state index contributed by atoms with van der Waals surface area (Å²) >= 11 is 11.8. The number of carbonyl (C=O) groups is 3. The average Bonchev–Trinajstić information content (AvgIpc) is 2.86. The van der Waals surface area contributed by atoms with Crippen molar-refractivity contribution < 1.29 is 14.4 Å². The van der Waals surface area contributed by atoms with E-state index in [9.17, 15) is 14.4 Å². The highest BCUT2D eigenvalue weighted by molar-refractivity contribution is 6.42. The molecule has 1 amide bonds. The van der Waals surface area contributed by atoms with Crippen LogP contribution < -0.4 is 0 Å². The monoisotopic (exact) mass is 389 g/mol. The lowest BCUT2D eigenvalue weighted by Gasteiger charge is -2.27. The van der Waals surface area contributed by atoms with Crippen molar-refractivity contribution in [2.75, 3.05) is 6.54 Å². The Labute approximate surface area is 161 Å². The molecule has 6 heteroatoms. The van der Waals surface area contributed by atoms with Gasteiger partial charge >= 0.3 is 0 Å². The third kappa shape index (κ3) is 3.67. The van der Waals surface area contributed by atoms with Crippen molar-refractivity contribution in [3.63, 3.8) is 0 Å². The molecule has 1 aliphatic heterocycles. The van der Waals surface area contributed by atoms with Crippen molar-refractivity contribution in [2.24, 2.45) is 5.92 Å². The van der Waals surface area contributed by atoms with Gasteiger partial charge in [0.15, 0.2) is 0 Å². The highest BCUT2D eigenvalue weighted by atomic mass is 35.5. The molecule has 2 atom stereocenters. The second kappa shape index (κ2) is 7.60. The maximum absolute atomic E-state index is 12.5. The number of Topliss-reactive ketones (excluding diaryl/α,β-unsaturated/α-hetero) is 2. The molecule has 3 rings (SSSR count). The number of benzene rings is 2. The molecular formula is C20H17Cl2NO3. The molecule has 0 aliphatic carbocycles. The lowest BCUT2D eigenvalue weighted by atomic mass is 9.90. The van der Waals surface area contributed by atoms with Gasteiger partial charge in [-0.05, 0) is 48.7 Å². The number of ketones is 2. The van der Waals surface area contributed by atoms with E-state index >= 15 is 0 Å². The highest BCUT2D eigenvalue weighted by Gasteiger charge is 2.49. The van der Waals surface area contributed by atoms with Gasteiger partial charge in [-0.1, -0.05) is 47.5 Å². The first-order chi connectivity index (χ1) is 12.4. The fourth-order valence-electron chi connectivity index (χ4n) is 3.30. The number of hydrogen-bond acceptors (Lipinski definition) is 3. The van der Waals surface area contributed by atoms with E-state index < -0.39 is 23.7 Å². The summed E-state index contributed by atoms with van der Waals surface area (Å²) in [6.45, 7) is 1.69. The van der Waals surface area contributed by atoms with Gasteiger partial charge in [0.2, 0.25) is 5.78 Å². The fourth-order valence-corrected chi connectivity index (χ4v) is 3.56. The summed E-state index contributed by atoms with van der Waals surface area (Å²) in [5.74, 6) is -2.54. The van der Waals surface area contributed by atoms with Crippen LogP contribution in [0.15, 0.2) is 48.5 Å². The first kappa shape index (κ1) is 18.6. The maximum Gasteiger partial charge on any atom is 0.291 e. The Bertz CT molecular complexity index is 846. The molecule has 0 bridgehead atoms. The number of amides is 1. The van der Waals surface area contributed by atoms with Crippen LogP contribution in [-0.4, -0.2) is 28.9 Å². The van der Waals surface area contributed by atoms with E-state index in [1.165, 1.54) is 11.8 Å². The minimum atomic E-state index is -0.978. The number of nitrogens with zero attached hydrogens (tertiary/aromatic N) is 1. The van der Waals surface area contributed by atoms with E-state index in [1.54, 1.807) is 36.4 Å². The molecule has 134 valence electrons. The van der Waals surface area contributed by atoms with Gasteiger partial charge in [0.25, 0.3) is 5.91 Å². The molecular weight excluding hydrogens is 373 g/mol. The lowest BCUT2D eigenvalue weighted by Crippen LogP contribution is -2.32. The summed E-state index contributed by atoms with van der Waals surface area (Å²) in [7, 11) is 0. The smallest absolute Gasteiger partial charge is 0.291 e. The van der Waals surface area contributed by atoms with Gasteiger partial charge in [-0.3, -0.25) is 14.4 Å². The summed E-state index contributed by atoms with van der Waals surface area (Å²) in [6, 6.07) is 13.6. The molecule has 1 heterocycles. The van der Waals surface area contributed by atoms with Gasteiger partial charge in [0, 0.05) is 16.6 Å². The lowest BCUT2D eigenvalue weighted by molar-refractivity contribution is -0.142. The molecule has 0 radical (unpaired) electrons. The van der Waals surface area contributed by atoms with Crippen molar-refractivity contribution in [3.8, 4) is 0 Å². The zero-order valence-electron chi connectivity index (χ0n) is 14.1. The Morgan fingerprint density at radius 3 is 2.04 bits per heavy atom. The van der Waals surface area contributed by atoms with Crippen LogP contribution in [-0.2, 0) is 20.8 Å². The molecule has 0 saturated carbocycles. The minimum absolute atomic E-state index is 0.308. The number of halogens is 2. The number of hydrogen-bond donors (Lipinski definition) is 0. The van der Waals surface area contributed by atoms with Crippen molar-refractivity contribution in [3.05, 3.63) is 69.7 Å².